The fourth-order valence-corrected chi connectivity index (χ4v) is 3.91. The maximum atomic E-state index is 12.7. The molecule has 1 fully saturated rings. The summed E-state index contributed by atoms with van der Waals surface area (Å²) in [6, 6.07) is 8.83. The van der Waals surface area contributed by atoms with Gasteiger partial charge in [0.05, 0.1) is 17.2 Å². The van der Waals surface area contributed by atoms with Crippen molar-refractivity contribution in [2.45, 2.75) is 64.7 Å². The van der Waals surface area contributed by atoms with Gasteiger partial charge in [-0.25, -0.2) is 4.98 Å². The number of amides is 1. The van der Waals surface area contributed by atoms with Crippen molar-refractivity contribution in [2.24, 2.45) is 5.73 Å². The van der Waals surface area contributed by atoms with Gasteiger partial charge in [-0.2, -0.15) is 0 Å². The second-order valence-corrected chi connectivity index (χ2v) is 8.17. The third-order valence-corrected chi connectivity index (χ3v) is 5.62. The first kappa shape index (κ1) is 22.5. The van der Waals surface area contributed by atoms with Gasteiger partial charge in [-0.15, -0.1) is 0 Å². The van der Waals surface area contributed by atoms with Crippen LogP contribution in [0, 0.1) is 6.92 Å². The maximum absolute atomic E-state index is 12.7. The number of aryl methyl sites for hydroxylation is 1. The number of aromatic nitrogens is 1. The van der Waals surface area contributed by atoms with Gasteiger partial charge < -0.3 is 26.4 Å². The lowest BCUT2D eigenvalue weighted by atomic mass is 10.0. The number of rotatable bonds is 9. The molecule has 7 nitrogen and oxygen atoms in total. The lowest BCUT2D eigenvalue weighted by Crippen LogP contribution is -2.42. The van der Waals surface area contributed by atoms with Gasteiger partial charge in [0, 0.05) is 37.2 Å². The van der Waals surface area contributed by atoms with E-state index >= 15 is 0 Å². The number of nitrogens with two attached hydrogens (primary N) is 1. The molecule has 0 spiro atoms. The Kier molecular flexibility index (Phi) is 8.01. The summed E-state index contributed by atoms with van der Waals surface area (Å²) in [5, 5.41) is 10.9. The minimum Gasteiger partial charge on any atom is -0.381 e. The van der Waals surface area contributed by atoms with E-state index in [1.54, 1.807) is 6.92 Å². The highest BCUT2D eigenvalue weighted by Gasteiger charge is 2.19. The minimum atomic E-state index is -0.424. The molecule has 164 valence electrons. The Morgan fingerprint density at radius 1 is 1.33 bits per heavy atom. The summed E-state index contributed by atoms with van der Waals surface area (Å²) in [5.74, 6) is 0.395. The van der Waals surface area contributed by atoms with Gasteiger partial charge in [-0.1, -0.05) is 25.1 Å². The lowest BCUT2D eigenvalue weighted by Gasteiger charge is -2.28. The molecule has 2 heterocycles. The van der Waals surface area contributed by atoms with Crippen molar-refractivity contribution in [2.75, 3.05) is 25.1 Å². The van der Waals surface area contributed by atoms with Crippen LogP contribution in [0.15, 0.2) is 24.3 Å². The molecule has 1 aromatic carbocycles. The average Bonchev–Trinajstić information content (AvgIpc) is 2.73. The number of ether oxygens (including phenoxy) is 1. The molecular formula is C23H35N5O2. The predicted molar refractivity (Wildman–Crippen MR) is 122 cm³/mol. The van der Waals surface area contributed by atoms with Crippen LogP contribution < -0.4 is 21.7 Å². The van der Waals surface area contributed by atoms with Gasteiger partial charge in [0.15, 0.2) is 0 Å². The molecule has 1 aromatic heterocycles. The molecule has 2 unspecified atom stereocenters. The van der Waals surface area contributed by atoms with Crippen LogP contribution >= 0.6 is 0 Å². The van der Waals surface area contributed by atoms with E-state index < -0.39 is 6.17 Å². The number of anilines is 1. The fraction of sp³-hybridized carbons (Fsp3) is 0.565. The number of pyridine rings is 1. The Bertz CT molecular complexity index is 849. The molecule has 2 atom stereocenters. The Morgan fingerprint density at radius 3 is 2.80 bits per heavy atom. The largest absolute Gasteiger partial charge is 0.381 e. The molecule has 30 heavy (non-hydrogen) atoms. The van der Waals surface area contributed by atoms with E-state index in [0.29, 0.717) is 23.5 Å². The number of fused-ring (bicyclic) bond motifs is 1. The summed E-state index contributed by atoms with van der Waals surface area (Å²) in [4.78, 5) is 17.5. The third-order valence-electron chi connectivity index (χ3n) is 5.62. The SMILES string of the molecule is CCC(CCNc1nc2c(C)cccc2cc1C(=O)NC(C)N)NC1CCOCC1. The number of nitrogens with zero attached hydrogens (tertiary/aromatic N) is 1. The van der Waals surface area contributed by atoms with E-state index in [-0.39, 0.29) is 5.91 Å². The molecule has 0 radical (unpaired) electrons. The first-order chi connectivity index (χ1) is 14.5. The van der Waals surface area contributed by atoms with Crippen LogP contribution in [0.3, 0.4) is 0 Å². The standard InChI is InChI=1S/C23H35N5O2/c1-4-18(27-19-9-12-30-13-10-19)8-11-25-22-20(23(29)26-16(3)24)14-17-7-5-6-15(2)21(17)28-22/h5-7,14,16,18-19,27H,4,8-13,24H2,1-3H3,(H,25,28)(H,26,29). The highest BCUT2D eigenvalue weighted by molar-refractivity contribution is 6.02. The molecule has 1 aliphatic rings. The molecule has 7 heteroatoms. The molecular weight excluding hydrogens is 378 g/mol. The fourth-order valence-electron chi connectivity index (χ4n) is 3.91. The number of nitrogens with one attached hydrogen (secondary N) is 3. The van der Waals surface area contributed by atoms with Crippen molar-refractivity contribution >= 4 is 22.6 Å². The molecule has 5 N–H and O–H groups in total. The maximum Gasteiger partial charge on any atom is 0.256 e. The second kappa shape index (κ2) is 10.7. The van der Waals surface area contributed by atoms with Gasteiger partial charge in [0.2, 0.25) is 0 Å². The van der Waals surface area contributed by atoms with E-state index in [0.717, 1.165) is 61.9 Å². The van der Waals surface area contributed by atoms with Gasteiger partial charge >= 0.3 is 0 Å². The quantitative estimate of drug-likeness (QED) is 0.472. The Morgan fingerprint density at radius 2 is 2.10 bits per heavy atom. The highest BCUT2D eigenvalue weighted by Crippen LogP contribution is 2.23. The van der Waals surface area contributed by atoms with Crippen LogP contribution in [0.1, 0.15) is 55.5 Å². The monoisotopic (exact) mass is 413 g/mol. The summed E-state index contributed by atoms with van der Waals surface area (Å²) in [6.45, 7) is 8.40. The molecule has 3 rings (SSSR count). The van der Waals surface area contributed by atoms with Crippen LogP contribution in [0.25, 0.3) is 10.9 Å². The number of hydrogen-bond acceptors (Lipinski definition) is 6. The summed E-state index contributed by atoms with van der Waals surface area (Å²) in [6.07, 6.45) is 3.72. The van der Waals surface area contributed by atoms with Crippen LogP contribution in [-0.4, -0.2) is 48.9 Å². The van der Waals surface area contributed by atoms with Crippen molar-refractivity contribution in [1.29, 1.82) is 0 Å². The van der Waals surface area contributed by atoms with Gasteiger partial charge in [-0.3, -0.25) is 4.79 Å². The number of carbonyl (C=O) groups excluding carboxylic acids is 1. The minimum absolute atomic E-state index is 0.212. The third kappa shape index (κ3) is 5.90. The molecule has 1 amide bonds. The Balaban J connectivity index is 1.72. The smallest absolute Gasteiger partial charge is 0.256 e. The zero-order valence-electron chi connectivity index (χ0n) is 18.3. The zero-order valence-corrected chi connectivity index (χ0v) is 18.3. The van der Waals surface area contributed by atoms with Crippen LogP contribution in [0.4, 0.5) is 5.82 Å². The normalized spacial score (nSPS) is 16.9. The van der Waals surface area contributed by atoms with E-state index in [4.69, 9.17) is 15.5 Å². The number of para-hydroxylation sites is 1. The number of benzene rings is 1. The van der Waals surface area contributed by atoms with Crippen molar-refractivity contribution in [3.63, 3.8) is 0 Å². The topological polar surface area (TPSA) is 101 Å². The average molecular weight is 414 g/mol. The highest BCUT2D eigenvalue weighted by atomic mass is 16.5. The number of hydrogen-bond donors (Lipinski definition) is 4. The molecule has 0 saturated carbocycles. The first-order valence-electron chi connectivity index (χ1n) is 11.0. The van der Waals surface area contributed by atoms with E-state index in [2.05, 4.69) is 22.9 Å². The predicted octanol–water partition coefficient (Wildman–Crippen LogP) is 2.93. The molecule has 1 saturated heterocycles. The zero-order chi connectivity index (χ0) is 21.5. The van der Waals surface area contributed by atoms with Gasteiger partial charge in [-0.05, 0) is 51.2 Å². The molecule has 1 aliphatic heterocycles. The van der Waals surface area contributed by atoms with Crippen LogP contribution in [0.5, 0.6) is 0 Å². The summed E-state index contributed by atoms with van der Waals surface area (Å²) < 4.78 is 5.45. The number of carbonyl (C=O) groups is 1. The molecule has 0 bridgehead atoms. The van der Waals surface area contributed by atoms with Crippen molar-refractivity contribution in [3.05, 3.63) is 35.4 Å². The second-order valence-electron chi connectivity index (χ2n) is 8.17. The summed E-state index contributed by atoms with van der Waals surface area (Å²) in [5.41, 5.74) is 8.29. The van der Waals surface area contributed by atoms with Crippen LogP contribution in [0.2, 0.25) is 0 Å². The van der Waals surface area contributed by atoms with E-state index in [9.17, 15) is 4.79 Å². The molecule has 0 aliphatic carbocycles. The van der Waals surface area contributed by atoms with E-state index in [1.807, 2.05) is 31.2 Å². The van der Waals surface area contributed by atoms with Crippen molar-refractivity contribution < 1.29 is 9.53 Å². The van der Waals surface area contributed by atoms with Crippen molar-refractivity contribution in [3.8, 4) is 0 Å². The first-order valence-corrected chi connectivity index (χ1v) is 11.0. The summed E-state index contributed by atoms with van der Waals surface area (Å²) >= 11 is 0. The van der Waals surface area contributed by atoms with E-state index in [1.165, 1.54) is 0 Å². The summed E-state index contributed by atoms with van der Waals surface area (Å²) in [7, 11) is 0. The van der Waals surface area contributed by atoms with Gasteiger partial charge in [0.25, 0.3) is 5.91 Å². The van der Waals surface area contributed by atoms with Gasteiger partial charge in [0.1, 0.15) is 5.82 Å². The Hall–Kier alpha value is -2.22. The molecule has 2 aromatic rings. The lowest BCUT2D eigenvalue weighted by molar-refractivity contribution is 0.0745. The Labute approximate surface area is 179 Å². The van der Waals surface area contributed by atoms with Crippen molar-refractivity contribution in [1.82, 2.24) is 15.6 Å². The van der Waals surface area contributed by atoms with Crippen LogP contribution in [-0.2, 0) is 4.74 Å².